The Labute approximate surface area is 196 Å². The summed E-state index contributed by atoms with van der Waals surface area (Å²) in [5, 5.41) is 2.81. The van der Waals surface area contributed by atoms with Crippen LogP contribution in [0.25, 0.3) is 21.9 Å². The van der Waals surface area contributed by atoms with Crippen molar-refractivity contribution in [1.29, 1.82) is 0 Å². The van der Waals surface area contributed by atoms with Gasteiger partial charge in [0.2, 0.25) is 0 Å². The number of aryl methyl sites for hydroxylation is 1. The van der Waals surface area contributed by atoms with Crippen molar-refractivity contribution in [3.05, 3.63) is 65.2 Å². The molecule has 0 aliphatic carbocycles. The average Bonchev–Trinajstić information content (AvgIpc) is 3.08. The molecule has 0 saturated carbocycles. The number of benzene rings is 2. The molecule has 3 aromatic rings. The fourth-order valence-electron chi connectivity index (χ4n) is 4.01. The Kier molecular flexibility index (Phi) is 9.59. The SMILES string of the molecule is CCCCc1cc2c(-c3ccccc3C(C)C)c(C(C)(C)C)ccc2[cH-]1.[Cl][Zr][Cl]. The van der Waals surface area contributed by atoms with E-state index >= 15 is 0 Å². The minimum atomic E-state index is -0.826. The van der Waals surface area contributed by atoms with Gasteiger partial charge in [-0.15, -0.1) is 34.5 Å². The van der Waals surface area contributed by atoms with Gasteiger partial charge >= 0.3 is 37.9 Å². The molecule has 3 aromatic carbocycles. The van der Waals surface area contributed by atoms with Gasteiger partial charge in [-0.1, -0.05) is 89.8 Å². The van der Waals surface area contributed by atoms with E-state index in [4.69, 9.17) is 17.0 Å². The Morgan fingerprint density at radius 1 is 1.03 bits per heavy atom. The summed E-state index contributed by atoms with van der Waals surface area (Å²) in [6.45, 7) is 13.9. The van der Waals surface area contributed by atoms with E-state index in [1.165, 1.54) is 57.9 Å². The number of fused-ring (bicyclic) bond motifs is 1. The number of hydrogen-bond acceptors (Lipinski definition) is 0. The monoisotopic (exact) mass is 505 g/mol. The molecule has 0 atom stereocenters. The van der Waals surface area contributed by atoms with E-state index in [-0.39, 0.29) is 5.41 Å². The average molecular weight is 508 g/mol. The van der Waals surface area contributed by atoms with Crippen LogP contribution in [0.2, 0.25) is 0 Å². The van der Waals surface area contributed by atoms with Crippen molar-refractivity contribution in [3.8, 4) is 11.1 Å². The van der Waals surface area contributed by atoms with E-state index in [0.29, 0.717) is 5.92 Å². The third-order valence-corrected chi connectivity index (χ3v) is 5.43. The van der Waals surface area contributed by atoms with Gasteiger partial charge in [0.15, 0.2) is 0 Å². The zero-order valence-electron chi connectivity index (χ0n) is 18.6. The van der Waals surface area contributed by atoms with Crippen molar-refractivity contribution >= 4 is 27.8 Å². The first kappa shape index (κ1) is 24.8. The first-order valence-electron chi connectivity index (χ1n) is 10.5. The first-order valence-corrected chi connectivity index (χ1v) is 16.9. The van der Waals surface area contributed by atoms with Gasteiger partial charge in [0.05, 0.1) is 0 Å². The number of rotatable bonds is 5. The van der Waals surface area contributed by atoms with Crippen LogP contribution < -0.4 is 0 Å². The topological polar surface area (TPSA) is 0 Å². The van der Waals surface area contributed by atoms with Crippen molar-refractivity contribution in [1.82, 2.24) is 0 Å². The second-order valence-electron chi connectivity index (χ2n) is 9.02. The Balaban J connectivity index is 0.000000941. The van der Waals surface area contributed by atoms with Gasteiger partial charge in [0, 0.05) is 0 Å². The van der Waals surface area contributed by atoms with E-state index in [2.05, 4.69) is 90.1 Å². The van der Waals surface area contributed by atoms with Crippen LogP contribution in [0, 0.1) is 0 Å². The summed E-state index contributed by atoms with van der Waals surface area (Å²) >= 11 is -0.826. The van der Waals surface area contributed by atoms with Crippen LogP contribution in [-0.2, 0) is 32.7 Å². The standard InChI is InChI=1S/C26H33.2ClH.Zr/c1-7-8-11-19-16-20-14-15-24(26(4,5)6)25(23(20)17-19)22-13-10-9-12-21(22)18(2)3;;;/h9-10,12-18H,7-8,11H2,1-6H3;2*1H;/q-1;;;+2/p-2. The van der Waals surface area contributed by atoms with Crippen LogP contribution in [-0.4, -0.2) is 0 Å². The summed E-state index contributed by atoms with van der Waals surface area (Å²) in [6, 6.07) is 18.5. The van der Waals surface area contributed by atoms with Gasteiger partial charge in [-0.05, 0) is 28.9 Å². The van der Waals surface area contributed by atoms with Gasteiger partial charge in [0.1, 0.15) is 0 Å². The molecule has 29 heavy (non-hydrogen) atoms. The third-order valence-electron chi connectivity index (χ3n) is 5.43. The predicted molar refractivity (Wildman–Crippen MR) is 128 cm³/mol. The molecule has 0 N–H and O–H groups in total. The molecule has 0 aliphatic heterocycles. The van der Waals surface area contributed by atoms with Gasteiger partial charge in [-0.25, -0.2) is 0 Å². The van der Waals surface area contributed by atoms with Gasteiger partial charge in [-0.3, -0.25) is 0 Å². The maximum atomic E-state index is 4.93. The van der Waals surface area contributed by atoms with Crippen LogP contribution in [0.15, 0.2) is 48.5 Å². The van der Waals surface area contributed by atoms with Crippen LogP contribution in [0.3, 0.4) is 0 Å². The number of unbranched alkanes of at least 4 members (excludes halogenated alkanes) is 1. The van der Waals surface area contributed by atoms with Gasteiger partial charge < -0.3 is 0 Å². The molecule has 156 valence electrons. The molecule has 0 fully saturated rings. The Morgan fingerprint density at radius 2 is 1.69 bits per heavy atom. The van der Waals surface area contributed by atoms with Crippen molar-refractivity contribution in [2.75, 3.05) is 0 Å². The molecule has 3 heteroatoms. The van der Waals surface area contributed by atoms with E-state index < -0.39 is 20.8 Å². The molecule has 0 nitrogen and oxygen atoms in total. The Morgan fingerprint density at radius 3 is 2.28 bits per heavy atom. The molecule has 0 unspecified atom stereocenters. The van der Waals surface area contributed by atoms with E-state index in [9.17, 15) is 0 Å². The van der Waals surface area contributed by atoms with Crippen LogP contribution >= 0.6 is 17.0 Å². The van der Waals surface area contributed by atoms with E-state index in [1.54, 1.807) is 0 Å². The van der Waals surface area contributed by atoms with Crippen LogP contribution in [0.1, 0.15) is 77.0 Å². The second-order valence-corrected chi connectivity index (χ2v) is 12.8. The second kappa shape index (κ2) is 11.2. The Bertz CT molecular complexity index is 916. The zero-order valence-corrected chi connectivity index (χ0v) is 22.5. The van der Waals surface area contributed by atoms with Crippen molar-refractivity contribution in [2.45, 2.75) is 72.1 Å². The van der Waals surface area contributed by atoms with Gasteiger partial charge in [-0.2, -0.15) is 6.07 Å². The molecule has 0 aromatic heterocycles. The Hall–Kier alpha value is -0.487. The minimum absolute atomic E-state index is 0.120. The summed E-state index contributed by atoms with van der Waals surface area (Å²) in [6.07, 6.45) is 3.69. The molecule has 0 radical (unpaired) electrons. The van der Waals surface area contributed by atoms with E-state index in [0.717, 1.165) is 0 Å². The number of hydrogen-bond donors (Lipinski definition) is 0. The summed E-state index contributed by atoms with van der Waals surface area (Å²) in [4.78, 5) is 0. The van der Waals surface area contributed by atoms with Crippen LogP contribution in [0.4, 0.5) is 0 Å². The summed E-state index contributed by atoms with van der Waals surface area (Å²) < 4.78 is 0. The summed E-state index contributed by atoms with van der Waals surface area (Å²) in [5.41, 5.74) is 7.35. The molecule has 0 saturated heterocycles. The van der Waals surface area contributed by atoms with Crippen molar-refractivity contribution < 1.29 is 20.8 Å². The van der Waals surface area contributed by atoms with E-state index in [1.807, 2.05) is 0 Å². The molecule has 0 aliphatic rings. The zero-order chi connectivity index (χ0) is 21.6. The van der Waals surface area contributed by atoms with Crippen molar-refractivity contribution in [3.63, 3.8) is 0 Å². The predicted octanol–water partition coefficient (Wildman–Crippen LogP) is 9.37. The first-order chi connectivity index (χ1) is 13.7. The molecule has 0 bridgehead atoms. The fourth-order valence-corrected chi connectivity index (χ4v) is 4.01. The molecular weight excluding hydrogens is 474 g/mol. The van der Waals surface area contributed by atoms with Crippen molar-refractivity contribution in [2.24, 2.45) is 0 Å². The molecule has 0 heterocycles. The molecular formula is C26H33Cl2Zr-. The molecule has 0 amide bonds. The van der Waals surface area contributed by atoms with Crippen LogP contribution in [0.5, 0.6) is 0 Å². The normalized spacial score (nSPS) is 11.5. The third kappa shape index (κ3) is 6.25. The fraction of sp³-hybridized carbons (Fsp3) is 0.423. The molecule has 0 spiro atoms. The quantitative estimate of drug-likeness (QED) is 0.302. The summed E-state index contributed by atoms with van der Waals surface area (Å²) in [5.74, 6) is 0.517. The maximum absolute atomic E-state index is 4.93. The van der Waals surface area contributed by atoms with Gasteiger partial charge in [0.25, 0.3) is 0 Å². The summed E-state index contributed by atoms with van der Waals surface area (Å²) in [7, 11) is 9.87. The molecule has 3 rings (SSSR count). The number of halogens is 2.